The van der Waals surface area contributed by atoms with Crippen molar-refractivity contribution in [3.05, 3.63) is 0 Å². The molecule has 88 valence electrons. The number of carbonyl (C=O) groups excluding carboxylic acids is 1. The summed E-state index contributed by atoms with van der Waals surface area (Å²) < 4.78 is 0. The fourth-order valence-corrected chi connectivity index (χ4v) is 2.19. The Balaban J connectivity index is 2.53. The van der Waals surface area contributed by atoms with Crippen molar-refractivity contribution in [2.24, 2.45) is 17.5 Å². The molecule has 1 heterocycles. The maximum absolute atomic E-state index is 11.6. The number of nitrogens with two attached hydrogens (primary N) is 2. The molecule has 0 aromatic rings. The van der Waals surface area contributed by atoms with Crippen LogP contribution in [0.4, 0.5) is 0 Å². The fourth-order valence-electron chi connectivity index (χ4n) is 2.19. The lowest BCUT2D eigenvalue weighted by Gasteiger charge is -2.25. The SMILES string of the molecule is CCCC(C(=O)NN)N1CCC(CN)C1. The second-order valence-corrected chi connectivity index (χ2v) is 4.20. The van der Waals surface area contributed by atoms with Gasteiger partial charge in [0.2, 0.25) is 0 Å². The third-order valence-electron chi connectivity index (χ3n) is 3.10. The summed E-state index contributed by atoms with van der Waals surface area (Å²) in [6.45, 7) is 4.67. The number of likely N-dealkylation sites (tertiary alicyclic amines) is 1. The third kappa shape index (κ3) is 3.15. The minimum Gasteiger partial charge on any atom is -0.330 e. The van der Waals surface area contributed by atoms with Crippen molar-refractivity contribution in [2.45, 2.75) is 32.2 Å². The molecule has 1 amide bonds. The van der Waals surface area contributed by atoms with E-state index >= 15 is 0 Å². The van der Waals surface area contributed by atoms with Gasteiger partial charge in [0.1, 0.15) is 0 Å². The first-order valence-corrected chi connectivity index (χ1v) is 5.67. The van der Waals surface area contributed by atoms with E-state index < -0.39 is 0 Å². The van der Waals surface area contributed by atoms with Gasteiger partial charge in [0.15, 0.2) is 0 Å². The zero-order valence-corrected chi connectivity index (χ0v) is 9.41. The highest BCUT2D eigenvalue weighted by molar-refractivity contribution is 5.81. The number of nitrogens with one attached hydrogen (secondary N) is 1. The van der Waals surface area contributed by atoms with Crippen molar-refractivity contribution in [1.82, 2.24) is 10.3 Å². The van der Waals surface area contributed by atoms with Crippen molar-refractivity contribution in [1.29, 1.82) is 0 Å². The topological polar surface area (TPSA) is 84.4 Å². The van der Waals surface area contributed by atoms with Gasteiger partial charge in [-0.3, -0.25) is 15.1 Å². The minimum absolute atomic E-state index is 0.0726. The largest absolute Gasteiger partial charge is 0.330 e. The molecule has 5 nitrogen and oxygen atoms in total. The molecule has 15 heavy (non-hydrogen) atoms. The lowest BCUT2D eigenvalue weighted by molar-refractivity contribution is -0.126. The van der Waals surface area contributed by atoms with Gasteiger partial charge >= 0.3 is 0 Å². The van der Waals surface area contributed by atoms with Crippen molar-refractivity contribution in [3.8, 4) is 0 Å². The molecule has 0 spiro atoms. The van der Waals surface area contributed by atoms with Crippen LogP contribution in [0.5, 0.6) is 0 Å². The Bertz CT molecular complexity index is 210. The van der Waals surface area contributed by atoms with E-state index in [1.54, 1.807) is 0 Å². The van der Waals surface area contributed by atoms with Gasteiger partial charge in [0, 0.05) is 6.54 Å². The number of rotatable bonds is 5. The van der Waals surface area contributed by atoms with Crippen molar-refractivity contribution < 1.29 is 4.79 Å². The lowest BCUT2D eigenvalue weighted by Crippen LogP contribution is -2.48. The monoisotopic (exact) mass is 214 g/mol. The molecule has 1 aliphatic heterocycles. The highest BCUT2D eigenvalue weighted by Crippen LogP contribution is 2.19. The molecule has 1 saturated heterocycles. The maximum atomic E-state index is 11.6. The maximum Gasteiger partial charge on any atom is 0.251 e. The van der Waals surface area contributed by atoms with E-state index in [4.69, 9.17) is 11.6 Å². The Hall–Kier alpha value is -0.650. The van der Waals surface area contributed by atoms with E-state index in [2.05, 4.69) is 17.2 Å². The van der Waals surface area contributed by atoms with E-state index in [9.17, 15) is 4.79 Å². The average Bonchev–Trinajstić information content (AvgIpc) is 2.73. The minimum atomic E-state index is -0.0745. The van der Waals surface area contributed by atoms with Crippen LogP contribution in [-0.4, -0.2) is 36.5 Å². The van der Waals surface area contributed by atoms with Crippen LogP contribution in [0, 0.1) is 5.92 Å². The average molecular weight is 214 g/mol. The van der Waals surface area contributed by atoms with Crippen molar-refractivity contribution in [3.63, 3.8) is 0 Å². The van der Waals surface area contributed by atoms with Crippen molar-refractivity contribution in [2.75, 3.05) is 19.6 Å². The van der Waals surface area contributed by atoms with Crippen LogP contribution in [0.1, 0.15) is 26.2 Å². The van der Waals surface area contributed by atoms with Gasteiger partial charge in [-0.15, -0.1) is 0 Å². The Morgan fingerprint density at radius 3 is 2.87 bits per heavy atom. The van der Waals surface area contributed by atoms with Crippen LogP contribution in [0.2, 0.25) is 0 Å². The zero-order chi connectivity index (χ0) is 11.3. The van der Waals surface area contributed by atoms with Crippen LogP contribution in [0.25, 0.3) is 0 Å². The smallest absolute Gasteiger partial charge is 0.251 e. The molecular formula is C10H22N4O. The standard InChI is InChI=1S/C10H22N4O/c1-2-3-9(10(15)13-12)14-5-4-8(6-11)7-14/h8-9H,2-7,11-12H2,1H3,(H,13,15). The molecule has 0 aliphatic carbocycles. The van der Waals surface area contributed by atoms with E-state index in [1.807, 2.05) is 0 Å². The molecule has 0 aromatic heterocycles. The predicted octanol–water partition coefficient (Wildman–Crippen LogP) is -0.574. The lowest BCUT2D eigenvalue weighted by atomic mass is 10.1. The quantitative estimate of drug-likeness (QED) is 0.325. The Labute approximate surface area is 91.1 Å². The molecule has 0 saturated carbocycles. The molecule has 5 N–H and O–H groups in total. The Morgan fingerprint density at radius 1 is 1.67 bits per heavy atom. The number of amides is 1. The summed E-state index contributed by atoms with van der Waals surface area (Å²) in [6, 6.07) is -0.0726. The summed E-state index contributed by atoms with van der Waals surface area (Å²) in [5, 5.41) is 0. The Kier molecular flexibility index (Phi) is 5.01. The molecular weight excluding hydrogens is 192 g/mol. The highest BCUT2D eigenvalue weighted by Gasteiger charge is 2.30. The van der Waals surface area contributed by atoms with Gasteiger partial charge in [-0.1, -0.05) is 13.3 Å². The van der Waals surface area contributed by atoms with E-state index in [0.29, 0.717) is 12.5 Å². The van der Waals surface area contributed by atoms with Gasteiger partial charge in [-0.05, 0) is 31.8 Å². The van der Waals surface area contributed by atoms with Gasteiger partial charge in [0.05, 0.1) is 6.04 Å². The molecule has 1 aliphatic rings. The number of nitrogens with zero attached hydrogens (tertiary/aromatic N) is 1. The van der Waals surface area contributed by atoms with Gasteiger partial charge in [-0.2, -0.15) is 0 Å². The number of hydrogen-bond donors (Lipinski definition) is 3. The fraction of sp³-hybridized carbons (Fsp3) is 0.900. The summed E-state index contributed by atoms with van der Waals surface area (Å²) in [4.78, 5) is 13.8. The predicted molar refractivity (Wildman–Crippen MR) is 59.8 cm³/mol. The third-order valence-corrected chi connectivity index (χ3v) is 3.10. The number of carbonyl (C=O) groups is 1. The molecule has 2 atom stereocenters. The Morgan fingerprint density at radius 2 is 2.40 bits per heavy atom. The molecule has 0 bridgehead atoms. The normalized spacial score (nSPS) is 24.1. The van der Waals surface area contributed by atoms with Crippen LogP contribution in [0.15, 0.2) is 0 Å². The summed E-state index contributed by atoms with van der Waals surface area (Å²) in [7, 11) is 0. The molecule has 1 fully saturated rings. The van der Waals surface area contributed by atoms with Crippen LogP contribution < -0.4 is 17.0 Å². The van der Waals surface area contributed by atoms with E-state index in [-0.39, 0.29) is 11.9 Å². The molecule has 1 rings (SSSR count). The van der Waals surface area contributed by atoms with E-state index in [0.717, 1.165) is 32.4 Å². The van der Waals surface area contributed by atoms with Gasteiger partial charge < -0.3 is 5.73 Å². The summed E-state index contributed by atoms with van der Waals surface area (Å²) in [5.41, 5.74) is 7.87. The van der Waals surface area contributed by atoms with Gasteiger partial charge in [0.25, 0.3) is 5.91 Å². The van der Waals surface area contributed by atoms with Crippen molar-refractivity contribution >= 4 is 5.91 Å². The van der Waals surface area contributed by atoms with E-state index in [1.165, 1.54) is 0 Å². The number of hydrogen-bond acceptors (Lipinski definition) is 4. The second-order valence-electron chi connectivity index (χ2n) is 4.20. The summed E-state index contributed by atoms with van der Waals surface area (Å²) in [5.74, 6) is 5.65. The first-order chi connectivity index (χ1) is 7.22. The first kappa shape index (κ1) is 12.4. The van der Waals surface area contributed by atoms with Crippen LogP contribution in [0.3, 0.4) is 0 Å². The molecule has 2 unspecified atom stereocenters. The second kappa shape index (κ2) is 6.05. The molecule has 0 radical (unpaired) electrons. The van der Waals surface area contributed by atoms with Crippen LogP contribution >= 0.6 is 0 Å². The highest BCUT2D eigenvalue weighted by atomic mass is 16.2. The number of hydrazine groups is 1. The first-order valence-electron chi connectivity index (χ1n) is 5.67. The summed E-state index contributed by atoms with van der Waals surface area (Å²) >= 11 is 0. The molecule has 5 heteroatoms. The van der Waals surface area contributed by atoms with Crippen LogP contribution in [-0.2, 0) is 4.79 Å². The summed E-state index contributed by atoms with van der Waals surface area (Å²) in [6.07, 6.45) is 2.94. The van der Waals surface area contributed by atoms with Gasteiger partial charge in [-0.25, -0.2) is 5.84 Å². The molecule has 0 aromatic carbocycles. The zero-order valence-electron chi connectivity index (χ0n) is 9.41.